The molecule has 0 unspecified atom stereocenters. The molecule has 3 aromatic rings. The van der Waals surface area contributed by atoms with E-state index in [0.29, 0.717) is 10.7 Å². The van der Waals surface area contributed by atoms with Crippen molar-refractivity contribution in [2.75, 3.05) is 5.32 Å². The van der Waals surface area contributed by atoms with Crippen LogP contribution < -0.4 is 11.1 Å². The number of hydrogen-bond acceptors (Lipinski definition) is 3. The molecular weight excluding hydrogens is 278 g/mol. The van der Waals surface area contributed by atoms with E-state index >= 15 is 0 Å². The minimum atomic E-state index is 0.309. The van der Waals surface area contributed by atoms with Crippen molar-refractivity contribution >= 4 is 33.7 Å². The SMILES string of the molecule is NC(=S)c1cc(NCc2cccc3ccccc23)ccn1. The number of pyridine rings is 1. The number of nitrogens with one attached hydrogen (secondary N) is 1. The van der Waals surface area contributed by atoms with Crippen molar-refractivity contribution in [1.82, 2.24) is 4.98 Å². The molecule has 1 aromatic heterocycles. The van der Waals surface area contributed by atoms with Gasteiger partial charge in [-0.3, -0.25) is 4.98 Å². The summed E-state index contributed by atoms with van der Waals surface area (Å²) in [4.78, 5) is 4.45. The minimum Gasteiger partial charge on any atom is -0.388 e. The van der Waals surface area contributed by atoms with E-state index in [2.05, 4.69) is 52.8 Å². The first kappa shape index (κ1) is 13.5. The topological polar surface area (TPSA) is 50.9 Å². The molecular formula is C17H15N3S. The van der Waals surface area contributed by atoms with Gasteiger partial charge in [-0.15, -0.1) is 0 Å². The monoisotopic (exact) mass is 293 g/mol. The summed E-state index contributed by atoms with van der Waals surface area (Å²) >= 11 is 4.95. The van der Waals surface area contributed by atoms with Crippen LogP contribution in [0.25, 0.3) is 10.8 Å². The number of benzene rings is 2. The summed E-state index contributed by atoms with van der Waals surface area (Å²) in [6.07, 6.45) is 1.71. The van der Waals surface area contributed by atoms with Crippen LogP contribution in [-0.2, 0) is 6.54 Å². The van der Waals surface area contributed by atoms with Gasteiger partial charge in [-0.2, -0.15) is 0 Å². The highest BCUT2D eigenvalue weighted by atomic mass is 32.1. The third kappa shape index (κ3) is 3.01. The van der Waals surface area contributed by atoms with Gasteiger partial charge in [0.05, 0.1) is 5.69 Å². The third-order valence-corrected chi connectivity index (χ3v) is 3.58. The molecule has 0 saturated carbocycles. The number of nitrogens with two attached hydrogens (primary N) is 1. The van der Waals surface area contributed by atoms with Gasteiger partial charge in [0.25, 0.3) is 0 Å². The smallest absolute Gasteiger partial charge is 0.122 e. The average molecular weight is 293 g/mol. The number of hydrogen-bond donors (Lipinski definition) is 2. The van der Waals surface area contributed by atoms with E-state index in [4.69, 9.17) is 18.0 Å². The van der Waals surface area contributed by atoms with E-state index in [1.165, 1.54) is 16.3 Å². The Kier molecular flexibility index (Phi) is 3.79. The number of thiocarbonyl (C=S) groups is 1. The van der Waals surface area contributed by atoms with E-state index < -0.39 is 0 Å². The maximum atomic E-state index is 5.61. The second-order valence-electron chi connectivity index (χ2n) is 4.79. The summed E-state index contributed by atoms with van der Waals surface area (Å²) in [5.74, 6) is 0. The molecule has 4 heteroatoms. The van der Waals surface area contributed by atoms with Crippen molar-refractivity contribution in [2.45, 2.75) is 6.54 Å². The van der Waals surface area contributed by atoms with Crippen LogP contribution in [0.4, 0.5) is 5.69 Å². The first-order valence-electron chi connectivity index (χ1n) is 6.70. The highest BCUT2D eigenvalue weighted by molar-refractivity contribution is 7.80. The molecule has 2 aromatic carbocycles. The largest absolute Gasteiger partial charge is 0.388 e. The van der Waals surface area contributed by atoms with Crippen LogP contribution in [0.1, 0.15) is 11.3 Å². The van der Waals surface area contributed by atoms with Crippen molar-refractivity contribution in [3.8, 4) is 0 Å². The fourth-order valence-electron chi connectivity index (χ4n) is 2.32. The Morgan fingerprint density at radius 3 is 2.76 bits per heavy atom. The van der Waals surface area contributed by atoms with E-state index in [-0.39, 0.29) is 0 Å². The van der Waals surface area contributed by atoms with Gasteiger partial charge in [0.15, 0.2) is 0 Å². The third-order valence-electron chi connectivity index (χ3n) is 3.38. The molecule has 0 spiro atoms. The predicted molar refractivity (Wildman–Crippen MR) is 91.4 cm³/mol. The Morgan fingerprint density at radius 1 is 1.10 bits per heavy atom. The van der Waals surface area contributed by atoms with Crippen LogP contribution in [0.3, 0.4) is 0 Å². The average Bonchev–Trinajstić information content (AvgIpc) is 2.53. The highest BCUT2D eigenvalue weighted by Gasteiger charge is 2.02. The van der Waals surface area contributed by atoms with Gasteiger partial charge in [0.1, 0.15) is 4.99 Å². The molecule has 0 radical (unpaired) electrons. The van der Waals surface area contributed by atoms with Crippen LogP contribution in [0, 0.1) is 0 Å². The lowest BCUT2D eigenvalue weighted by Crippen LogP contribution is -2.12. The Bertz CT molecular complexity index is 793. The first-order valence-corrected chi connectivity index (χ1v) is 7.11. The Morgan fingerprint density at radius 2 is 1.90 bits per heavy atom. The number of anilines is 1. The van der Waals surface area contributed by atoms with Gasteiger partial charge in [-0.05, 0) is 28.5 Å². The van der Waals surface area contributed by atoms with Crippen molar-refractivity contribution in [1.29, 1.82) is 0 Å². The number of rotatable bonds is 4. The van der Waals surface area contributed by atoms with Crippen molar-refractivity contribution in [2.24, 2.45) is 5.73 Å². The second-order valence-corrected chi connectivity index (χ2v) is 5.23. The van der Waals surface area contributed by atoms with E-state index in [0.717, 1.165) is 12.2 Å². The molecule has 0 fully saturated rings. The van der Waals surface area contributed by atoms with Crippen LogP contribution in [-0.4, -0.2) is 9.97 Å². The minimum absolute atomic E-state index is 0.309. The lowest BCUT2D eigenvalue weighted by Gasteiger charge is -2.10. The summed E-state index contributed by atoms with van der Waals surface area (Å²) in [6.45, 7) is 0.738. The summed E-state index contributed by atoms with van der Waals surface area (Å²) in [6, 6.07) is 18.5. The molecule has 1 heterocycles. The lowest BCUT2D eigenvalue weighted by molar-refractivity contribution is 1.16. The van der Waals surface area contributed by atoms with E-state index in [9.17, 15) is 0 Å². The summed E-state index contributed by atoms with van der Waals surface area (Å²) in [5, 5.41) is 5.90. The van der Waals surface area contributed by atoms with Gasteiger partial charge in [0.2, 0.25) is 0 Å². The standard InChI is InChI=1S/C17H15N3S/c18-17(21)16-10-14(8-9-19-16)20-11-13-6-3-5-12-4-1-2-7-15(12)13/h1-10H,11H2,(H2,18,21)(H,19,20). The molecule has 3 N–H and O–H groups in total. The van der Waals surface area contributed by atoms with Gasteiger partial charge >= 0.3 is 0 Å². The Labute approximate surface area is 128 Å². The molecule has 0 aliphatic carbocycles. The summed E-state index contributed by atoms with van der Waals surface area (Å²) in [7, 11) is 0. The molecule has 0 aliphatic heterocycles. The Hall–Kier alpha value is -2.46. The molecule has 0 saturated heterocycles. The molecule has 21 heavy (non-hydrogen) atoms. The van der Waals surface area contributed by atoms with Crippen molar-refractivity contribution in [3.05, 3.63) is 72.1 Å². The van der Waals surface area contributed by atoms with Gasteiger partial charge in [0, 0.05) is 18.4 Å². The fourth-order valence-corrected chi connectivity index (χ4v) is 2.43. The maximum absolute atomic E-state index is 5.61. The normalized spacial score (nSPS) is 10.5. The maximum Gasteiger partial charge on any atom is 0.122 e. The number of aromatic nitrogens is 1. The molecule has 3 nitrogen and oxygen atoms in total. The lowest BCUT2D eigenvalue weighted by atomic mass is 10.0. The fraction of sp³-hybridized carbons (Fsp3) is 0.0588. The van der Waals surface area contributed by atoms with Crippen LogP contribution in [0.15, 0.2) is 60.8 Å². The second kappa shape index (κ2) is 5.89. The zero-order chi connectivity index (χ0) is 14.7. The summed E-state index contributed by atoms with van der Waals surface area (Å²) < 4.78 is 0. The summed E-state index contributed by atoms with van der Waals surface area (Å²) in [5.41, 5.74) is 8.45. The van der Waals surface area contributed by atoms with Gasteiger partial charge < -0.3 is 11.1 Å². The first-order chi connectivity index (χ1) is 10.2. The van der Waals surface area contributed by atoms with Crippen LogP contribution in [0.2, 0.25) is 0 Å². The van der Waals surface area contributed by atoms with Crippen molar-refractivity contribution in [3.63, 3.8) is 0 Å². The van der Waals surface area contributed by atoms with Gasteiger partial charge in [-0.25, -0.2) is 0 Å². The zero-order valence-corrected chi connectivity index (χ0v) is 12.2. The van der Waals surface area contributed by atoms with Gasteiger partial charge in [-0.1, -0.05) is 54.7 Å². The Balaban J connectivity index is 1.84. The number of fused-ring (bicyclic) bond motifs is 1. The molecule has 3 rings (SSSR count). The van der Waals surface area contributed by atoms with Crippen LogP contribution >= 0.6 is 12.2 Å². The predicted octanol–water partition coefficient (Wildman–Crippen LogP) is 3.48. The highest BCUT2D eigenvalue weighted by Crippen LogP contribution is 2.19. The van der Waals surface area contributed by atoms with E-state index in [1.807, 2.05) is 12.1 Å². The molecule has 0 amide bonds. The van der Waals surface area contributed by atoms with Crippen molar-refractivity contribution < 1.29 is 0 Å². The zero-order valence-electron chi connectivity index (χ0n) is 11.4. The molecule has 0 aliphatic rings. The molecule has 104 valence electrons. The number of nitrogens with zero attached hydrogens (tertiary/aromatic N) is 1. The van der Waals surface area contributed by atoms with E-state index in [1.54, 1.807) is 6.20 Å². The molecule has 0 bridgehead atoms. The molecule has 0 atom stereocenters. The van der Waals surface area contributed by atoms with Crippen LogP contribution in [0.5, 0.6) is 0 Å². The quantitative estimate of drug-likeness (QED) is 0.723.